The summed E-state index contributed by atoms with van der Waals surface area (Å²) >= 11 is 0. The maximum Gasteiger partial charge on any atom is 0.514 e. The zero-order valence-electron chi connectivity index (χ0n) is 18.8. The molecule has 6 nitrogen and oxygen atoms in total. The van der Waals surface area contributed by atoms with Crippen molar-refractivity contribution in [2.24, 2.45) is 23.2 Å². The van der Waals surface area contributed by atoms with Crippen molar-refractivity contribution in [2.75, 3.05) is 0 Å². The highest BCUT2D eigenvalue weighted by Crippen LogP contribution is 2.61. The average Bonchev–Trinajstić information content (AvgIpc) is 3.08. The summed E-state index contributed by atoms with van der Waals surface area (Å²) in [6.45, 7) is 14.7. The molecule has 3 aliphatic rings. The van der Waals surface area contributed by atoms with E-state index in [4.69, 9.17) is 9.47 Å². The summed E-state index contributed by atoms with van der Waals surface area (Å²) in [7, 11) is 0. The van der Waals surface area contributed by atoms with Crippen LogP contribution in [0.1, 0.15) is 59.3 Å². The zero-order chi connectivity index (χ0) is 22.8. The summed E-state index contributed by atoms with van der Waals surface area (Å²) in [6.07, 6.45) is 5.20. The predicted molar refractivity (Wildman–Crippen MR) is 120 cm³/mol. The molecular formula is C25H33NO5. The van der Waals surface area contributed by atoms with E-state index in [0.717, 1.165) is 38.5 Å². The van der Waals surface area contributed by atoms with Crippen molar-refractivity contribution in [1.29, 1.82) is 0 Å². The van der Waals surface area contributed by atoms with Crippen LogP contribution in [0.5, 0.6) is 5.75 Å². The first-order chi connectivity index (χ1) is 14.8. The number of ether oxygens (including phenoxy) is 2. The first kappa shape index (κ1) is 23.0. The number of nitrogens with zero attached hydrogens (tertiary/aromatic N) is 1. The van der Waals surface area contributed by atoms with E-state index < -0.39 is 11.1 Å². The Morgan fingerprint density at radius 1 is 1.13 bits per heavy atom. The molecule has 0 radical (unpaired) electrons. The highest BCUT2D eigenvalue weighted by atomic mass is 16.7. The summed E-state index contributed by atoms with van der Waals surface area (Å²) in [5, 5.41) is 10.7. The highest BCUT2D eigenvalue weighted by Gasteiger charge is 2.56. The quantitative estimate of drug-likeness (QED) is 0.228. The molecule has 0 amide bonds. The Balaban J connectivity index is 0.00000132. The molecular weight excluding hydrogens is 394 g/mol. The van der Waals surface area contributed by atoms with Crippen molar-refractivity contribution in [3.8, 4) is 5.75 Å². The normalized spacial score (nSPS) is 31.6. The second-order valence-corrected chi connectivity index (χ2v) is 8.88. The Kier molecular flexibility index (Phi) is 6.87. The van der Waals surface area contributed by atoms with Gasteiger partial charge in [0.05, 0.1) is 4.92 Å². The molecule has 0 aliphatic heterocycles. The molecule has 4 rings (SSSR count). The Bertz CT molecular complexity index is 861. The minimum Gasteiger partial charge on any atom is -0.430 e. The monoisotopic (exact) mass is 427 g/mol. The van der Waals surface area contributed by atoms with Crippen molar-refractivity contribution in [3.05, 3.63) is 58.7 Å². The maximum absolute atomic E-state index is 12.4. The topological polar surface area (TPSA) is 78.7 Å². The largest absolute Gasteiger partial charge is 0.514 e. The Morgan fingerprint density at radius 2 is 1.81 bits per heavy atom. The lowest BCUT2D eigenvalue weighted by molar-refractivity contribution is -0.384. The molecule has 0 aromatic heterocycles. The van der Waals surface area contributed by atoms with Gasteiger partial charge in [0, 0.05) is 17.5 Å². The van der Waals surface area contributed by atoms with Crippen molar-refractivity contribution in [2.45, 2.75) is 65.4 Å². The van der Waals surface area contributed by atoms with Gasteiger partial charge in [-0.1, -0.05) is 39.5 Å². The van der Waals surface area contributed by atoms with Crippen LogP contribution in [0.3, 0.4) is 0 Å². The number of nitro groups is 1. The molecule has 0 bridgehead atoms. The number of carbonyl (C=O) groups is 1. The highest BCUT2D eigenvalue weighted by molar-refractivity contribution is 5.64. The van der Waals surface area contributed by atoms with Gasteiger partial charge in [-0.15, -0.1) is 0 Å². The van der Waals surface area contributed by atoms with Crippen LogP contribution in [0.25, 0.3) is 0 Å². The minimum absolute atomic E-state index is 0.0470. The Morgan fingerprint density at radius 3 is 2.45 bits per heavy atom. The van der Waals surface area contributed by atoms with Gasteiger partial charge in [0.25, 0.3) is 5.69 Å². The van der Waals surface area contributed by atoms with E-state index in [2.05, 4.69) is 20.1 Å². The average molecular weight is 428 g/mol. The van der Waals surface area contributed by atoms with E-state index in [1.54, 1.807) is 0 Å². The van der Waals surface area contributed by atoms with Gasteiger partial charge in [0.2, 0.25) is 0 Å². The van der Waals surface area contributed by atoms with Crippen LogP contribution >= 0.6 is 0 Å². The molecule has 6 heteroatoms. The lowest BCUT2D eigenvalue weighted by Crippen LogP contribution is -2.46. The first-order valence-electron chi connectivity index (χ1n) is 11.3. The molecule has 168 valence electrons. The maximum atomic E-state index is 12.4. The van der Waals surface area contributed by atoms with Gasteiger partial charge in [-0.25, -0.2) is 4.79 Å². The second kappa shape index (κ2) is 9.25. The second-order valence-electron chi connectivity index (χ2n) is 8.88. The van der Waals surface area contributed by atoms with Crippen molar-refractivity contribution < 1.29 is 19.2 Å². The SMILES string of the molecule is C=C1CCC2C(CCC3(C)C(OC(=O)Oc4ccc([N+](=O)[O-])cc4)CCC23)C1=C.CC. The molecule has 0 spiro atoms. The number of hydrogen-bond acceptors (Lipinski definition) is 5. The molecule has 3 aliphatic carbocycles. The zero-order valence-corrected chi connectivity index (χ0v) is 18.8. The van der Waals surface area contributed by atoms with Gasteiger partial charge in [-0.2, -0.15) is 0 Å². The molecule has 3 fully saturated rings. The van der Waals surface area contributed by atoms with Gasteiger partial charge in [0.1, 0.15) is 11.9 Å². The molecule has 5 atom stereocenters. The van der Waals surface area contributed by atoms with E-state index in [1.165, 1.54) is 35.4 Å². The summed E-state index contributed by atoms with van der Waals surface area (Å²) in [5.74, 6) is 1.86. The van der Waals surface area contributed by atoms with Crippen LogP contribution in [0.15, 0.2) is 48.6 Å². The van der Waals surface area contributed by atoms with Crippen molar-refractivity contribution >= 4 is 11.8 Å². The molecule has 0 saturated heterocycles. The predicted octanol–water partition coefficient (Wildman–Crippen LogP) is 6.85. The smallest absolute Gasteiger partial charge is 0.430 e. The number of benzene rings is 1. The van der Waals surface area contributed by atoms with Gasteiger partial charge >= 0.3 is 6.16 Å². The molecule has 1 aromatic rings. The van der Waals surface area contributed by atoms with Gasteiger partial charge in [0.15, 0.2) is 0 Å². The third kappa shape index (κ3) is 4.39. The van der Waals surface area contributed by atoms with E-state index in [9.17, 15) is 14.9 Å². The van der Waals surface area contributed by atoms with Crippen molar-refractivity contribution in [1.82, 2.24) is 0 Å². The van der Waals surface area contributed by atoms with Crippen LogP contribution in [-0.4, -0.2) is 17.2 Å². The van der Waals surface area contributed by atoms with Crippen LogP contribution in [0, 0.1) is 33.3 Å². The van der Waals surface area contributed by atoms with Gasteiger partial charge in [-0.05, 0) is 74.0 Å². The fourth-order valence-electron chi connectivity index (χ4n) is 5.90. The standard InChI is InChI=1S/C23H27NO5.C2H6/c1-14-4-9-19-18(15(14)2)12-13-23(3)20(19)10-11-21(23)29-22(25)28-17-7-5-16(6-8-17)24(26)27;1-2/h5-8,18-21H,1-2,4,9-13H2,3H3;1-2H3. The number of carbonyl (C=O) groups excluding carboxylic acids is 1. The fraction of sp³-hybridized carbons (Fsp3) is 0.560. The number of nitro benzene ring substituents is 1. The van der Waals surface area contributed by atoms with E-state index in [0.29, 0.717) is 17.8 Å². The number of hydrogen-bond donors (Lipinski definition) is 0. The number of fused-ring (bicyclic) bond motifs is 3. The van der Waals surface area contributed by atoms with E-state index in [1.807, 2.05) is 13.8 Å². The lowest BCUT2D eigenvalue weighted by Gasteiger charge is -2.50. The molecule has 0 heterocycles. The summed E-state index contributed by atoms with van der Waals surface area (Å²) in [6, 6.07) is 5.43. The van der Waals surface area contributed by atoms with E-state index >= 15 is 0 Å². The summed E-state index contributed by atoms with van der Waals surface area (Å²) < 4.78 is 11.0. The number of non-ortho nitro benzene ring substituents is 1. The first-order valence-corrected chi connectivity index (χ1v) is 11.3. The molecule has 31 heavy (non-hydrogen) atoms. The lowest BCUT2D eigenvalue weighted by atomic mass is 9.55. The summed E-state index contributed by atoms with van der Waals surface area (Å²) in [5.41, 5.74) is 2.33. The number of rotatable bonds is 3. The molecule has 0 N–H and O–H groups in total. The Labute approximate surface area is 184 Å². The van der Waals surface area contributed by atoms with Crippen LogP contribution in [0.4, 0.5) is 10.5 Å². The molecule has 3 saturated carbocycles. The minimum atomic E-state index is -0.741. The fourth-order valence-corrected chi connectivity index (χ4v) is 5.90. The summed E-state index contributed by atoms with van der Waals surface area (Å²) in [4.78, 5) is 22.6. The van der Waals surface area contributed by atoms with Crippen LogP contribution in [-0.2, 0) is 4.74 Å². The van der Waals surface area contributed by atoms with E-state index in [-0.39, 0.29) is 23.0 Å². The van der Waals surface area contributed by atoms with Crippen LogP contribution in [0.2, 0.25) is 0 Å². The molecule has 1 aromatic carbocycles. The van der Waals surface area contributed by atoms with Crippen molar-refractivity contribution in [3.63, 3.8) is 0 Å². The van der Waals surface area contributed by atoms with Crippen LogP contribution < -0.4 is 4.74 Å². The number of allylic oxidation sites excluding steroid dienone is 2. The van der Waals surface area contributed by atoms with Gasteiger partial charge < -0.3 is 9.47 Å². The molecule has 5 unspecified atom stereocenters. The third-order valence-electron chi connectivity index (χ3n) is 7.52. The third-order valence-corrected chi connectivity index (χ3v) is 7.52. The van der Waals surface area contributed by atoms with Gasteiger partial charge in [-0.3, -0.25) is 10.1 Å². The Hall–Kier alpha value is -2.63.